The van der Waals surface area contributed by atoms with E-state index in [0.717, 1.165) is 5.82 Å². The number of nitrogens with one attached hydrogen (secondary N) is 1. The van der Waals surface area contributed by atoms with E-state index in [-0.39, 0.29) is 17.4 Å². The van der Waals surface area contributed by atoms with Gasteiger partial charge in [0.05, 0.1) is 12.0 Å². The van der Waals surface area contributed by atoms with Gasteiger partial charge in [-0.25, -0.2) is 9.97 Å². The highest BCUT2D eigenvalue weighted by atomic mass is 16.6. The first-order valence-electron chi connectivity index (χ1n) is 5.87. The van der Waals surface area contributed by atoms with Crippen molar-refractivity contribution in [3.05, 3.63) is 34.7 Å². The number of rotatable bonds is 6. The number of aryl methyl sites for hydroxylation is 1. The Kier molecular flexibility index (Phi) is 4.08. The molecule has 2 aromatic heterocycles. The number of nitrogens with zero attached hydrogens (tertiary/aromatic N) is 5. The van der Waals surface area contributed by atoms with E-state index < -0.39 is 4.92 Å². The van der Waals surface area contributed by atoms with Gasteiger partial charge in [0.25, 0.3) is 5.88 Å². The molecule has 20 heavy (non-hydrogen) atoms. The van der Waals surface area contributed by atoms with Crippen molar-refractivity contribution in [1.29, 1.82) is 0 Å². The second-order valence-corrected chi connectivity index (χ2v) is 3.97. The predicted molar refractivity (Wildman–Crippen MR) is 70.6 cm³/mol. The van der Waals surface area contributed by atoms with Gasteiger partial charge >= 0.3 is 5.69 Å². The van der Waals surface area contributed by atoms with Crippen LogP contribution >= 0.6 is 0 Å². The molecule has 0 spiro atoms. The maximum atomic E-state index is 11.0. The summed E-state index contributed by atoms with van der Waals surface area (Å²) in [6, 6.07) is 0. The number of hydrogen-bond donors (Lipinski definition) is 1. The average Bonchev–Trinajstić information content (AvgIpc) is 2.84. The van der Waals surface area contributed by atoms with Gasteiger partial charge in [0.2, 0.25) is 5.82 Å². The van der Waals surface area contributed by atoms with Gasteiger partial charge in [-0.05, 0) is 0 Å². The Morgan fingerprint density at radius 3 is 2.85 bits per heavy atom. The third kappa shape index (κ3) is 2.82. The monoisotopic (exact) mass is 278 g/mol. The smallest absolute Gasteiger partial charge is 0.372 e. The van der Waals surface area contributed by atoms with E-state index in [0.29, 0.717) is 13.0 Å². The topological polar surface area (TPSA) is 108 Å². The fraction of sp³-hybridized carbons (Fsp3) is 0.364. The number of nitro groups is 1. The molecule has 0 aliphatic heterocycles. The number of aromatic nitrogens is 4. The first-order chi connectivity index (χ1) is 9.63. The lowest BCUT2D eigenvalue weighted by Gasteiger charge is -2.07. The molecule has 0 bridgehead atoms. The number of anilines is 1. The second kappa shape index (κ2) is 5.95. The quantitative estimate of drug-likeness (QED) is 0.614. The van der Waals surface area contributed by atoms with Gasteiger partial charge in [-0.15, -0.1) is 0 Å². The molecule has 1 N–H and O–H groups in total. The molecular weight excluding hydrogens is 264 g/mol. The van der Waals surface area contributed by atoms with Crippen molar-refractivity contribution in [2.75, 3.05) is 19.0 Å². The molecule has 0 amide bonds. The molecule has 2 aromatic rings. The SMILES string of the molecule is COc1ncnc(NCCc2nccn2C)c1[N+](=O)[O-]. The fourth-order valence-corrected chi connectivity index (χ4v) is 1.74. The summed E-state index contributed by atoms with van der Waals surface area (Å²) in [6.45, 7) is 0.464. The van der Waals surface area contributed by atoms with Crippen LogP contribution in [0, 0.1) is 10.1 Å². The van der Waals surface area contributed by atoms with Crippen LogP contribution in [0.4, 0.5) is 11.5 Å². The zero-order valence-electron chi connectivity index (χ0n) is 11.1. The molecule has 0 unspecified atom stereocenters. The molecule has 2 heterocycles. The highest BCUT2D eigenvalue weighted by Gasteiger charge is 2.23. The van der Waals surface area contributed by atoms with Crippen LogP contribution in [0.3, 0.4) is 0 Å². The van der Waals surface area contributed by atoms with E-state index in [4.69, 9.17) is 4.74 Å². The summed E-state index contributed by atoms with van der Waals surface area (Å²) < 4.78 is 6.75. The predicted octanol–water partition coefficient (Wildman–Crippen LogP) is 0.781. The zero-order valence-corrected chi connectivity index (χ0v) is 11.1. The Balaban J connectivity index is 2.09. The van der Waals surface area contributed by atoms with Crippen molar-refractivity contribution in [2.45, 2.75) is 6.42 Å². The van der Waals surface area contributed by atoms with E-state index in [1.165, 1.54) is 13.4 Å². The highest BCUT2D eigenvalue weighted by molar-refractivity contribution is 5.61. The molecular formula is C11H14N6O3. The van der Waals surface area contributed by atoms with Gasteiger partial charge in [0.15, 0.2) is 0 Å². The van der Waals surface area contributed by atoms with E-state index in [1.807, 2.05) is 17.8 Å². The molecule has 0 radical (unpaired) electrons. The Labute approximate surface area is 114 Å². The van der Waals surface area contributed by atoms with Crippen LogP contribution in [0.2, 0.25) is 0 Å². The summed E-state index contributed by atoms with van der Waals surface area (Å²) >= 11 is 0. The molecule has 106 valence electrons. The lowest BCUT2D eigenvalue weighted by molar-refractivity contribution is -0.385. The van der Waals surface area contributed by atoms with Crippen molar-refractivity contribution in [2.24, 2.45) is 7.05 Å². The molecule has 0 aromatic carbocycles. The maximum absolute atomic E-state index is 11.0. The minimum absolute atomic E-state index is 0.0653. The summed E-state index contributed by atoms with van der Waals surface area (Å²) in [5.41, 5.74) is -0.269. The minimum atomic E-state index is -0.568. The Hall–Kier alpha value is -2.71. The van der Waals surface area contributed by atoms with E-state index in [2.05, 4.69) is 20.3 Å². The van der Waals surface area contributed by atoms with Crippen LogP contribution in [-0.2, 0) is 13.5 Å². The van der Waals surface area contributed by atoms with E-state index in [9.17, 15) is 10.1 Å². The van der Waals surface area contributed by atoms with Gasteiger partial charge in [-0.1, -0.05) is 0 Å². The largest absolute Gasteiger partial charge is 0.476 e. The van der Waals surface area contributed by atoms with Gasteiger partial charge in [0.1, 0.15) is 12.2 Å². The molecule has 0 aliphatic rings. The van der Waals surface area contributed by atoms with Crippen molar-refractivity contribution >= 4 is 11.5 Å². The lowest BCUT2D eigenvalue weighted by Crippen LogP contribution is -2.12. The summed E-state index contributed by atoms with van der Waals surface area (Å²) in [6.07, 6.45) is 5.37. The number of methoxy groups -OCH3 is 1. The minimum Gasteiger partial charge on any atom is -0.476 e. The molecule has 0 atom stereocenters. The molecule has 0 aliphatic carbocycles. The third-order valence-corrected chi connectivity index (χ3v) is 2.73. The van der Waals surface area contributed by atoms with Crippen LogP contribution in [0.1, 0.15) is 5.82 Å². The highest BCUT2D eigenvalue weighted by Crippen LogP contribution is 2.30. The first-order valence-corrected chi connectivity index (χ1v) is 5.87. The zero-order chi connectivity index (χ0) is 14.5. The van der Waals surface area contributed by atoms with Crippen LogP contribution in [0.25, 0.3) is 0 Å². The lowest BCUT2D eigenvalue weighted by atomic mass is 10.3. The maximum Gasteiger partial charge on any atom is 0.372 e. The van der Waals surface area contributed by atoms with Crippen LogP contribution in [0.5, 0.6) is 5.88 Å². The Morgan fingerprint density at radius 1 is 1.45 bits per heavy atom. The first kappa shape index (κ1) is 13.7. The van der Waals surface area contributed by atoms with E-state index >= 15 is 0 Å². The fourth-order valence-electron chi connectivity index (χ4n) is 1.74. The van der Waals surface area contributed by atoms with E-state index in [1.54, 1.807) is 6.20 Å². The molecule has 0 fully saturated rings. The number of hydrogen-bond acceptors (Lipinski definition) is 7. The summed E-state index contributed by atoms with van der Waals surface area (Å²) in [5, 5.41) is 13.9. The standard InChI is InChI=1S/C11H14N6O3/c1-16-6-5-12-8(16)3-4-13-10-9(17(18)19)11(20-2)15-7-14-10/h5-7H,3-4H2,1-2H3,(H,13,14,15). The molecule has 9 heteroatoms. The van der Waals surface area contributed by atoms with Crippen molar-refractivity contribution in [3.8, 4) is 5.88 Å². The third-order valence-electron chi connectivity index (χ3n) is 2.73. The Morgan fingerprint density at radius 2 is 2.25 bits per heavy atom. The summed E-state index contributed by atoms with van der Waals surface area (Å²) in [4.78, 5) is 22.2. The van der Waals surface area contributed by atoms with Crippen LogP contribution in [-0.4, -0.2) is 38.1 Å². The second-order valence-electron chi connectivity index (χ2n) is 3.97. The number of imidazole rings is 1. The van der Waals surface area contributed by atoms with Crippen LogP contribution in [0.15, 0.2) is 18.7 Å². The molecule has 0 saturated carbocycles. The van der Waals surface area contributed by atoms with Crippen LogP contribution < -0.4 is 10.1 Å². The molecule has 0 saturated heterocycles. The molecule has 2 rings (SSSR count). The summed E-state index contributed by atoms with van der Waals surface area (Å²) in [5.74, 6) is 0.946. The van der Waals surface area contributed by atoms with Crippen molar-refractivity contribution in [1.82, 2.24) is 19.5 Å². The molecule has 9 nitrogen and oxygen atoms in total. The van der Waals surface area contributed by atoms with Crippen molar-refractivity contribution < 1.29 is 9.66 Å². The van der Waals surface area contributed by atoms with Gasteiger partial charge in [0, 0.05) is 32.4 Å². The van der Waals surface area contributed by atoms with Gasteiger partial charge < -0.3 is 14.6 Å². The van der Waals surface area contributed by atoms with Crippen molar-refractivity contribution in [3.63, 3.8) is 0 Å². The van der Waals surface area contributed by atoms with Gasteiger partial charge in [-0.2, -0.15) is 4.98 Å². The average molecular weight is 278 g/mol. The Bertz CT molecular complexity index is 612. The summed E-state index contributed by atoms with van der Waals surface area (Å²) in [7, 11) is 3.21. The normalized spacial score (nSPS) is 10.3. The number of ether oxygens (including phenoxy) is 1. The van der Waals surface area contributed by atoms with Gasteiger partial charge in [-0.3, -0.25) is 10.1 Å².